The van der Waals surface area contributed by atoms with E-state index in [0.717, 1.165) is 18.4 Å². The number of nitrogens with one attached hydrogen (secondary N) is 1. The highest BCUT2D eigenvalue weighted by Crippen LogP contribution is 2.62. The van der Waals surface area contributed by atoms with Crippen LogP contribution in [0.25, 0.3) is 0 Å². The number of carbonyl (C=O) groups is 1. The molecule has 4 atom stereocenters. The molecule has 0 bridgehead atoms. The van der Waals surface area contributed by atoms with Gasteiger partial charge in [0.1, 0.15) is 5.83 Å². The number of rotatable bonds is 5. The lowest BCUT2D eigenvalue weighted by atomic mass is 9.47. The van der Waals surface area contributed by atoms with Crippen LogP contribution in [0.4, 0.5) is 8.78 Å². The molecule has 0 saturated heterocycles. The van der Waals surface area contributed by atoms with E-state index in [4.69, 9.17) is 5.11 Å². The molecule has 0 radical (unpaired) electrons. The first-order valence-electron chi connectivity index (χ1n) is 8.78. The van der Waals surface area contributed by atoms with Crippen molar-refractivity contribution >= 4 is 5.97 Å². The fourth-order valence-electron chi connectivity index (χ4n) is 4.57. The lowest BCUT2D eigenvalue weighted by molar-refractivity contribution is -0.0330. The first kappa shape index (κ1) is 18.4. The van der Waals surface area contributed by atoms with Crippen LogP contribution in [0.1, 0.15) is 48.7 Å². The summed E-state index contributed by atoms with van der Waals surface area (Å²) in [6.07, 6.45) is 3.63. The second-order valence-electron chi connectivity index (χ2n) is 7.43. The van der Waals surface area contributed by atoms with Crippen molar-refractivity contribution in [2.24, 2.45) is 17.3 Å². The molecular weight excluding hydrogens is 336 g/mol. The predicted molar refractivity (Wildman–Crippen MR) is 96.8 cm³/mol. The van der Waals surface area contributed by atoms with E-state index < -0.39 is 11.8 Å². The van der Waals surface area contributed by atoms with E-state index in [1.807, 2.05) is 0 Å². The van der Waals surface area contributed by atoms with Crippen molar-refractivity contribution in [3.63, 3.8) is 0 Å². The Labute approximate surface area is 152 Å². The highest BCUT2D eigenvalue weighted by atomic mass is 19.1. The molecule has 1 aliphatic carbocycles. The van der Waals surface area contributed by atoms with Crippen molar-refractivity contribution in [3.05, 3.63) is 71.5 Å². The summed E-state index contributed by atoms with van der Waals surface area (Å²) >= 11 is 0. The van der Waals surface area contributed by atoms with Gasteiger partial charge in [0.15, 0.2) is 0 Å². The average molecular weight is 359 g/mol. The molecule has 0 aromatic heterocycles. The molecule has 26 heavy (non-hydrogen) atoms. The van der Waals surface area contributed by atoms with Crippen molar-refractivity contribution in [1.82, 2.24) is 5.32 Å². The highest BCUT2D eigenvalue weighted by Gasteiger charge is 2.56. The van der Waals surface area contributed by atoms with Gasteiger partial charge in [-0.1, -0.05) is 39.0 Å². The predicted octanol–water partition coefficient (Wildman–Crippen LogP) is 5.30. The second-order valence-corrected chi connectivity index (χ2v) is 7.43. The molecule has 1 saturated carbocycles. The molecule has 4 unspecified atom stereocenters. The van der Waals surface area contributed by atoms with Crippen LogP contribution in [0.15, 0.2) is 60.3 Å². The summed E-state index contributed by atoms with van der Waals surface area (Å²) in [6.45, 7) is 7.65. The van der Waals surface area contributed by atoms with Crippen LogP contribution in [-0.4, -0.2) is 11.1 Å². The Kier molecular flexibility index (Phi) is 4.74. The first-order chi connectivity index (χ1) is 12.3. The molecule has 0 amide bonds. The minimum absolute atomic E-state index is 0.0207. The molecular formula is C21H23F2NO2. The Bertz CT molecular complexity index is 797. The van der Waals surface area contributed by atoms with E-state index in [0.29, 0.717) is 11.9 Å². The Balaban J connectivity index is 2.05. The van der Waals surface area contributed by atoms with Gasteiger partial charge in [-0.25, -0.2) is 13.6 Å². The van der Waals surface area contributed by atoms with E-state index in [9.17, 15) is 13.6 Å². The van der Waals surface area contributed by atoms with Crippen LogP contribution in [0.3, 0.4) is 0 Å². The first-order valence-corrected chi connectivity index (χ1v) is 8.78. The summed E-state index contributed by atoms with van der Waals surface area (Å²) in [5.74, 6) is -1.40. The molecule has 5 heteroatoms. The Hall–Kier alpha value is -2.43. The third-order valence-electron chi connectivity index (χ3n) is 6.07. The van der Waals surface area contributed by atoms with Crippen molar-refractivity contribution < 1.29 is 18.7 Å². The number of halogens is 2. The van der Waals surface area contributed by atoms with Crippen LogP contribution < -0.4 is 5.32 Å². The molecule has 1 heterocycles. The zero-order valence-corrected chi connectivity index (χ0v) is 14.9. The third kappa shape index (κ3) is 2.85. The molecule has 1 aliphatic heterocycles. The summed E-state index contributed by atoms with van der Waals surface area (Å²) in [4.78, 5) is 11.1. The number of allylic oxidation sites excluding steroid dienone is 3. The van der Waals surface area contributed by atoms with Gasteiger partial charge in [0.2, 0.25) is 0 Å². The molecule has 138 valence electrons. The van der Waals surface area contributed by atoms with Gasteiger partial charge in [-0.3, -0.25) is 0 Å². The maximum Gasteiger partial charge on any atom is 0.335 e. The van der Waals surface area contributed by atoms with Crippen LogP contribution in [-0.2, 0) is 0 Å². The summed E-state index contributed by atoms with van der Waals surface area (Å²) in [6, 6.07) is 6.46. The number of carboxylic acid groups (broad SMARTS) is 1. The zero-order chi connectivity index (χ0) is 19.1. The number of hydrogen-bond acceptors (Lipinski definition) is 2. The van der Waals surface area contributed by atoms with Crippen LogP contribution in [0, 0.1) is 17.3 Å². The Morgan fingerprint density at radius 1 is 1.42 bits per heavy atom. The molecule has 0 spiro atoms. The third-order valence-corrected chi connectivity index (χ3v) is 6.07. The normalized spacial score (nSPS) is 30.5. The lowest BCUT2D eigenvalue weighted by Gasteiger charge is -2.59. The second kappa shape index (κ2) is 6.71. The van der Waals surface area contributed by atoms with Gasteiger partial charge in [-0.15, -0.1) is 0 Å². The molecule has 3 rings (SSSR count). The maximum absolute atomic E-state index is 14.2. The van der Waals surface area contributed by atoms with Crippen molar-refractivity contribution in [2.45, 2.75) is 32.7 Å². The maximum atomic E-state index is 14.2. The van der Waals surface area contributed by atoms with Gasteiger partial charge in [-0.05, 0) is 53.0 Å². The Morgan fingerprint density at radius 2 is 2.08 bits per heavy atom. The van der Waals surface area contributed by atoms with E-state index in [1.165, 1.54) is 6.08 Å². The van der Waals surface area contributed by atoms with Gasteiger partial charge in [0.05, 0.1) is 23.6 Å². The van der Waals surface area contributed by atoms with Crippen molar-refractivity contribution in [2.75, 3.05) is 0 Å². The Morgan fingerprint density at radius 3 is 2.58 bits per heavy atom. The zero-order valence-electron chi connectivity index (χ0n) is 14.9. The number of aromatic carboxylic acids is 1. The largest absolute Gasteiger partial charge is 0.478 e. The standard InChI is InChI=1S/C21H23F2NO2/c1-4-21(3)11-16-17(21)15(9-10-22)18(12(2)23)24-19(16)13-5-7-14(8-6-13)20(25)26/h5-10,16-17,19,24H,2,4,11H2,1,3H3,(H,25,26)/b10-9+. The van der Waals surface area contributed by atoms with Crippen molar-refractivity contribution in [1.29, 1.82) is 0 Å². The molecule has 3 nitrogen and oxygen atoms in total. The van der Waals surface area contributed by atoms with Crippen LogP contribution >= 0.6 is 0 Å². The van der Waals surface area contributed by atoms with Gasteiger partial charge < -0.3 is 10.4 Å². The van der Waals surface area contributed by atoms with Gasteiger partial charge in [0, 0.05) is 0 Å². The van der Waals surface area contributed by atoms with E-state index in [1.54, 1.807) is 24.3 Å². The summed E-state index contributed by atoms with van der Waals surface area (Å²) in [7, 11) is 0. The molecule has 1 aromatic carbocycles. The fourth-order valence-corrected chi connectivity index (χ4v) is 4.57. The molecule has 2 aliphatic rings. The molecule has 2 N–H and O–H groups in total. The molecule has 1 fully saturated rings. The lowest BCUT2D eigenvalue weighted by Crippen LogP contribution is -2.55. The van der Waals surface area contributed by atoms with Gasteiger partial charge in [-0.2, -0.15) is 0 Å². The minimum Gasteiger partial charge on any atom is -0.478 e. The van der Waals surface area contributed by atoms with E-state index in [-0.39, 0.29) is 34.6 Å². The van der Waals surface area contributed by atoms with E-state index in [2.05, 4.69) is 25.7 Å². The monoisotopic (exact) mass is 359 g/mol. The number of carboxylic acids is 1. The number of hydrogen-bond donors (Lipinski definition) is 2. The quantitative estimate of drug-likeness (QED) is 0.750. The summed E-state index contributed by atoms with van der Waals surface area (Å²) < 4.78 is 27.1. The number of benzene rings is 1. The minimum atomic E-state index is -0.985. The number of fused-ring (bicyclic) bond motifs is 1. The van der Waals surface area contributed by atoms with E-state index >= 15 is 0 Å². The fraction of sp³-hybridized carbons (Fsp3) is 0.381. The summed E-state index contributed by atoms with van der Waals surface area (Å²) in [5.41, 5.74) is 1.94. The highest BCUT2D eigenvalue weighted by molar-refractivity contribution is 5.87. The molecule has 1 aromatic rings. The van der Waals surface area contributed by atoms with Gasteiger partial charge >= 0.3 is 5.97 Å². The summed E-state index contributed by atoms with van der Waals surface area (Å²) in [5, 5.41) is 12.3. The van der Waals surface area contributed by atoms with Crippen LogP contribution in [0.2, 0.25) is 0 Å². The topological polar surface area (TPSA) is 49.3 Å². The smallest absolute Gasteiger partial charge is 0.335 e. The van der Waals surface area contributed by atoms with Gasteiger partial charge in [0.25, 0.3) is 0 Å². The SMILES string of the molecule is C=C(F)C1=C(/C=C/F)C2C(CC2(C)CC)C(c2ccc(C(=O)O)cc2)N1. The van der Waals surface area contributed by atoms with Crippen LogP contribution in [0.5, 0.6) is 0 Å². The average Bonchev–Trinajstić information content (AvgIpc) is 2.60. The van der Waals surface area contributed by atoms with Crippen molar-refractivity contribution in [3.8, 4) is 0 Å².